The maximum atomic E-state index is 12.0. The van der Waals surface area contributed by atoms with Crippen molar-refractivity contribution < 1.29 is 14.3 Å². The number of aldehydes is 1. The molecule has 0 aromatic heterocycles. The molecule has 1 heterocycles. The minimum absolute atomic E-state index is 0.357. The molecule has 0 bridgehead atoms. The van der Waals surface area contributed by atoms with Crippen molar-refractivity contribution in [2.24, 2.45) is 0 Å². The van der Waals surface area contributed by atoms with Gasteiger partial charge in [-0.3, -0.25) is 9.69 Å². The van der Waals surface area contributed by atoms with E-state index in [4.69, 9.17) is 4.74 Å². The summed E-state index contributed by atoms with van der Waals surface area (Å²) in [4.78, 5) is 24.4. The zero-order chi connectivity index (χ0) is 13.3. The first-order chi connectivity index (χ1) is 8.40. The second-order valence-electron chi connectivity index (χ2n) is 5.39. The zero-order valence-electron chi connectivity index (χ0n) is 10.9. The van der Waals surface area contributed by atoms with Gasteiger partial charge in [-0.05, 0) is 38.8 Å². The van der Waals surface area contributed by atoms with Crippen molar-refractivity contribution in [2.75, 3.05) is 11.4 Å². The Kier molecular flexibility index (Phi) is 3.11. The number of ether oxygens (including phenoxy) is 1. The number of fused-ring (bicyclic) bond motifs is 1. The third-order valence-corrected chi connectivity index (χ3v) is 2.75. The van der Waals surface area contributed by atoms with Crippen LogP contribution < -0.4 is 4.90 Å². The summed E-state index contributed by atoms with van der Waals surface area (Å²) in [6, 6.07) is 5.40. The Balaban J connectivity index is 2.25. The Morgan fingerprint density at radius 3 is 2.72 bits per heavy atom. The van der Waals surface area contributed by atoms with Crippen LogP contribution in [0.25, 0.3) is 0 Å². The molecule has 0 saturated carbocycles. The SMILES string of the molecule is CC(C)(C)OC(=O)N1CCc2ccc(C=O)cc21. The lowest BCUT2D eigenvalue weighted by Crippen LogP contribution is -2.35. The molecule has 1 aliphatic rings. The quantitative estimate of drug-likeness (QED) is 0.717. The van der Waals surface area contributed by atoms with Gasteiger partial charge in [-0.25, -0.2) is 4.79 Å². The van der Waals surface area contributed by atoms with Crippen molar-refractivity contribution in [2.45, 2.75) is 32.8 Å². The van der Waals surface area contributed by atoms with Crippen LogP contribution >= 0.6 is 0 Å². The van der Waals surface area contributed by atoms with E-state index in [1.165, 1.54) is 0 Å². The van der Waals surface area contributed by atoms with Gasteiger partial charge in [0.05, 0.1) is 5.69 Å². The first-order valence-corrected chi connectivity index (χ1v) is 5.99. The van der Waals surface area contributed by atoms with Gasteiger partial charge in [-0.15, -0.1) is 0 Å². The van der Waals surface area contributed by atoms with E-state index in [0.29, 0.717) is 12.1 Å². The Bertz CT molecular complexity index is 488. The molecular formula is C14H17NO3. The van der Waals surface area contributed by atoms with E-state index in [1.807, 2.05) is 26.8 Å². The molecule has 1 aliphatic heterocycles. The summed E-state index contributed by atoms with van der Waals surface area (Å²) in [6.45, 7) is 6.11. The molecule has 0 aliphatic carbocycles. The highest BCUT2D eigenvalue weighted by molar-refractivity contribution is 5.92. The molecule has 18 heavy (non-hydrogen) atoms. The maximum Gasteiger partial charge on any atom is 0.414 e. The largest absolute Gasteiger partial charge is 0.443 e. The Morgan fingerprint density at radius 2 is 2.11 bits per heavy atom. The normalized spacial score (nSPS) is 14.3. The van der Waals surface area contributed by atoms with Crippen LogP contribution in [-0.4, -0.2) is 24.5 Å². The molecule has 0 atom stereocenters. The molecule has 0 saturated heterocycles. The number of rotatable bonds is 1. The van der Waals surface area contributed by atoms with Crippen molar-refractivity contribution in [1.82, 2.24) is 0 Å². The fraction of sp³-hybridized carbons (Fsp3) is 0.429. The summed E-state index contributed by atoms with van der Waals surface area (Å²) in [5.74, 6) is 0. The highest BCUT2D eigenvalue weighted by Gasteiger charge is 2.28. The topological polar surface area (TPSA) is 46.6 Å². The molecule has 0 unspecified atom stereocenters. The first-order valence-electron chi connectivity index (χ1n) is 5.99. The smallest absolute Gasteiger partial charge is 0.414 e. The van der Waals surface area contributed by atoms with Crippen LogP contribution in [0.15, 0.2) is 18.2 Å². The van der Waals surface area contributed by atoms with Gasteiger partial charge >= 0.3 is 6.09 Å². The first kappa shape index (κ1) is 12.6. The number of hydrogen-bond acceptors (Lipinski definition) is 3. The molecule has 4 heteroatoms. The van der Waals surface area contributed by atoms with Gasteiger partial charge in [0, 0.05) is 12.1 Å². The lowest BCUT2D eigenvalue weighted by atomic mass is 10.1. The lowest BCUT2D eigenvalue weighted by molar-refractivity contribution is 0.0583. The van der Waals surface area contributed by atoms with Crippen LogP contribution in [0.1, 0.15) is 36.7 Å². The van der Waals surface area contributed by atoms with E-state index in [-0.39, 0.29) is 6.09 Å². The molecule has 4 nitrogen and oxygen atoms in total. The molecule has 0 radical (unpaired) electrons. The van der Waals surface area contributed by atoms with Crippen molar-refractivity contribution in [3.05, 3.63) is 29.3 Å². The van der Waals surface area contributed by atoms with Crippen LogP contribution in [0.2, 0.25) is 0 Å². The van der Waals surface area contributed by atoms with Crippen molar-refractivity contribution in [1.29, 1.82) is 0 Å². The van der Waals surface area contributed by atoms with Crippen LogP contribution in [-0.2, 0) is 11.2 Å². The van der Waals surface area contributed by atoms with E-state index < -0.39 is 5.60 Å². The number of nitrogens with zero attached hydrogens (tertiary/aromatic N) is 1. The van der Waals surface area contributed by atoms with Crippen LogP contribution in [0.4, 0.5) is 10.5 Å². The van der Waals surface area contributed by atoms with Crippen LogP contribution in [0.5, 0.6) is 0 Å². The maximum absolute atomic E-state index is 12.0. The van der Waals surface area contributed by atoms with E-state index in [9.17, 15) is 9.59 Å². The number of anilines is 1. The van der Waals surface area contributed by atoms with E-state index in [2.05, 4.69) is 0 Å². The minimum Gasteiger partial charge on any atom is -0.443 e. The predicted octanol–water partition coefficient (Wildman–Crippen LogP) is 2.80. The van der Waals surface area contributed by atoms with E-state index >= 15 is 0 Å². The molecular weight excluding hydrogens is 230 g/mol. The molecule has 0 fully saturated rings. The molecule has 2 rings (SSSR count). The molecule has 1 amide bonds. The van der Waals surface area contributed by atoms with Gasteiger partial charge in [0.15, 0.2) is 0 Å². The fourth-order valence-electron chi connectivity index (χ4n) is 1.98. The van der Waals surface area contributed by atoms with Gasteiger partial charge in [-0.2, -0.15) is 0 Å². The zero-order valence-corrected chi connectivity index (χ0v) is 10.9. The Labute approximate surface area is 107 Å². The van der Waals surface area contributed by atoms with Crippen LogP contribution in [0, 0.1) is 0 Å². The standard InChI is InChI=1S/C14H17NO3/c1-14(2,3)18-13(17)15-7-6-11-5-4-10(9-16)8-12(11)15/h4-5,8-9H,6-7H2,1-3H3. The minimum atomic E-state index is -0.512. The number of carbonyl (C=O) groups excluding carboxylic acids is 2. The van der Waals surface area contributed by atoms with Gasteiger partial charge in [-0.1, -0.05) is 12.1 Å². The van der Waals surface area contributed by atoms with Crippen molar-refractivity contribution in [3.63, 3.8) is 0 Å². The van der Waals surface area contributed by atoms with Gasteiger partial charge < -0.3 is 4.74 Å². The van der Waals surface area contributed by atoms with Crippen LogP contribution in [0.3, 0.4) is 0 Å². The molecule has 0 N–H and O–H groups in total. The lowest BCUT2D eigenvalue weighted by Gasteiger charge is -2.24. The van der Waals surface area contributed by atoms with E-state index in [1.54, 1.807) is 17.0 Å². The second-order valence-corrected chi connectivity index (χ2v) is 5.39. The Morgan fingerprint density at radius 1 is 1.39 bits per heavy atom. The summed E-state index contributed by atoms with van der Waals surface area (Å²) >= 11 is 0. The van der Waals surface area contributed by atoms with Gasteiger partial charge in [0.1, 0.15) is 11.9 Å². The molecule has 0 spiro atoms. The number of hydrogen-bond donors (Lipinski definition) is 0. The number of benzene rings is 1. The number of amides is 1. The second kappa shape index (κ2) is 4.44. The third-order valence-electron chi connectivity index (χ3n) is 2.75. The predicted molar refractivity (Wildman–Crippen MR) is 69.1 cm³/mol. The summed E-state index contributed by atoms with van der Waals surface area (Å²) in [5, 5.41) is 0. The average molecular weight is 247 g/mol. The monoisotopic (exact) mass is 247 g/mol. The highest BCUT2D eigenvalue weighted by Crippen LogP contribution is 2.30. The summed E-state index contributed by atoms with van der Waals surface area (Å²) < 4.78 is 5.35. The summed E-state index contributed by atoms with van der Waals surface area (Å²) in [6.07, 6.45) is 1.23. The summed E-state index contributed by atoms with van der Waals surface area (Å²) in [5.41, 5.74) is 1.92. The molecule has 1 aromatic rings. The van der Waals surface area contributed by atoms with E-state index in [0.717, 1.165) is 24.0 Å². The molecule has 1 aromatic carbocycles. The average Bonchev–Trinajstić information content (AvgIpc) is 2.69. The van der Waals surface area contributed by atoms with Crippen molar-refractivity contribution in [3.8, 4) is 0 Å². The molecule has 96 valence electrons. The highest BCUT2D eigenvalue weighted by atomic mass is 16.6. The van der Waals surface area contributed by atoms with Gasteiger partial charge in [0.2, 0.25) is 0 Å². The Hall–Kier alpha value is -1.84. The van der Waals surface area contributed by atoms with Gasteiger partial charge in [0.25, 0.3) is 0 Å². The number of carbonyl (C=O) groups is 2. The van der Waals surface area contributed by atoms with Crippen molar-refractivity contribution >= 4 is 18.1 Å². The summed E-state index contributed by atoms with van der Waals surface area (Å²) in [7, 11) is 0. The third kappa shape index (κ3) is 2.53. The fourth-order valence-corrected chi connectivity index (χ4v) is 1.98.